The largest absolute Gasteiger partial charge is 0.281 e. The van der Waals surface area contributed by atoms with Gasteiger partial charge in [-0.1, -0.05) is 41.2 Å². The summed E-state index contributed by atoms with van der Waals surface area (Å²) >= 11 is 2.78. The molecule has 0 spiro atoms. The van der Waals surface area contributed by atoms with Gasteiger partial charge in [0.25, 0.3) is 0 Å². The van der Waals surface area contributed by atoms with E-state index < -0.39 is 0 Å². The lowest BCUT2D eigenvalue weighted by Crippen LogP contribution is -2.32. The van der Waals surface area contributed by atoms with Crippen LogP contribution in [-0.2, 0) is 11.3 Å². The lowest BCUT2D eigenvalue weighted by atomic mass is 10.2. The average Bonchev–Trinajstić information content (AvgIpc) is 3.17. The molecule has 0 aliphatic rings. The van der Waals surface area contributed by atoms with Crippen LogP contribution in [0, 0.1) is 12.7 Å². The monoisotopic (exact) mass is 423 g/mol. The summed E-state index contributed by atoms with van der Waals surface area (Å²) in [6, 6.07) is 18.5. The summed E-state index contributed by atoms with van der Waals surface area (Å²) in [5.74, 6) is -0.223. The Hall–Kier alpha value is -2.77. The van der Waals surface area contributed by atoms with Crippen LogP contribution in [-0.4, -0.2) is 21.6 Å². The number of thioether (sulfide) groups is 1. The molecule has 4 nitrogen and oxygen atoms in total. The zero-order chi connectivity index (χ0) is 20.2. The molecule has 0 unspecified atom stereocenters. The summed E-state index contributed by atoms with van der Waals surface area (Å²) in [7, 11) is 0. The number of carbonyl (C=O) groups excluding carboxylic acids is 1. The van der Waals surface area contributed by atoms with Gasteiger partial charge in [0, 0.05) is 11.1 Å². The lowest BCUT2D eigenvalue weighted by Gasteiger charge is -2.19. The first kappa shape index (κ1) is 19.5. The van der Waals surface area contributed by atoms with Crippen LogP contribution < -0.4 is 4.90 Å². The van der Waals surface area contributed by atoms with E-state index in [-0.39, 0.29) is 29.5 Å². The van der Waals surface area contributed by atoms with Crippen molar-refractivity contribution in [2.24, 2.45) is 0 Å². The Labute approximate surface area is 176 Å². The highest BCUT2D eigenvalue weighted by molar-refractivity contribution is 8.00. The number of halogens is 1. The molecule has 0 saturated carbocycles. The summed E-state index contributed by atoms with van der Waals surface area (Å²) in [6.45, 7) is 2.32. The molecule has 4 aromatic rings. The van der Waals surface area contributed by atoms with Gasteiger partial charge >= 0.3 is 0 Å². The Kier molecular flexibility index (Phi) is 5.87. The first-order valence-electron chi connectivity index (χ1n) is 9.05. The molecule has 2 aromatic heterocycles. The van der Waals surface area contributed by atoms with Crippen LogP contribution in [0.25, 0.3) is 10.2 Å². The molecule has 0 bridgehead atoms. The molecule has 7 heteroatoms. The summed E-state index contributed by atoms with van der Waals surface area (Å²) < 4.78 is 14.8. The van der Waals surface area contributed by atoms with Crippen molar-refractivity contribution in [3.63, 3.8) is 0 Å². The summed E-state index contributed by atoms with van der Waals surface area (Å²) in [5, 5.41) is 0.477. The van der Waals surface area contributed by atoms with E-state index in [1.807, 2.05) is 55.5 Å². The van der Waals surface area contributed by atoms with Gasteiger partial charge in [0.05, 0.1) is 22.7 Å². The molecule has 29 heavy (non-hydrogen) atoms. The first-order chi connectivity index (χ1) is 14.1. The van der Waals surface area contributed by atoms with E-state index in [0.29, 0.717) is 9.83 Å². The molecule has 0 N–H and O–H groups in total. The third-order valence-electron chi connectivity index (χ3n) is 4.32. The topological polar surface area (TPSA) is 46.1 Å². The van der Waals surface area contributed by atoms with E-state index in [1.165, 1.54) is 34.7 Å². The van der Waals surface area contributed by atoms with Crippen LogP contribution in [0.4, 0.5) is 9.52 Å². The maximum atomic E-state index is 14.1. The van der Waals surface area contributed by atoms with Gasteiger partial charge in [0.2, 0.25) is 5.91 Å². The molecule has 0 atom stereocenters. The van der Waals surface area contributed by atoms with E-state index in [1.54, 1.807) is 17.2 Å². The Morgan fingerprint density at radius 3 is 2.66 bits per heavy atom. The number of amides is 1. The second-order valence-corrected chi connectivity index (χ2v) is 8.54. The SMILES string of the molecule is Cc1ccc(SCC(=O)N(Cc2ccccn2)c2nc3c(F)cccc3s2)cc1. The fraction of sp³-hybridized carbons (Fsp3) is 0.136. The van der Waals surface area contributed by atoms with Crippen molar-refractivity contribution in [1.29, 1.82) is 0 Å². The molecule has 0 radical (unpaired) electrons. The van der Waals surface area contributed by atoms with Gasteiger partial charge in [-0.25, -0.2) is 9.37 Å². The number of fused-ring (bicyclic) bond motifs is 1. The van der Waals surface area contributed by atoms with Crippen molar-refractivity contribution < 1.29 is 9.18 Å². The van der Waals surface area contributed by atoms with Gasteiger partial charge in [-0.15, -0.1) is 11.8 Å². The van der Waals surface area contributed by atoms with E-state index >= 15 is 0 Å². The average molecular weight is 424 g/mol. The summed E-state index contributed by atoms with van der Waals surface area (Å²) in [6.07, 6.45) is 1.69. The maximum absolute atomic E-state index is 14.1. The highest BCUT2D eigenvalue weighted by Gasteiger charge is 2.21. The molecule has 146 valence electrons. The summed E-state index contributed by atoms with van der Waals surface area (Å²) in [5.41, 5.74) is 2.22. The Morgan fingerprint density at radius 1 is 1.10 bits per heavy atom. The van der Waals surface area contributed by atoms with Gasteiger partial charge in [-0.2, -0.15) is 0 Å². The number of hydrogen-bond donors (Lipinski definition) is 0. The third kappa shape index (κ3) is 4.63. The van der Waals surface area contributed by atoms with Crippen LogP contribution in [0.3, 0.4) is 0 Å². The number of rotatable bonds is 6. The van der Waals surface area contributed by atoms with Crippen LogP contribution >= 0.6 is 23.1 Å². The molecule has 2 aromatic carbocycles. The maximum Gasteiger partial charge on any atom is 0.239 e. The number of nitrogens with zero attached hydrogens (tertiary/aromatic N) is 3. The number of carbonyl (C=O) groups is 1. The third-order valence-corrected chi connectivity index (χ3v) is 6.36. The fourth-order valence-corrected chi connectivity index (χ4v) is 4.56. The molecular weight excluding hydrogens is 405 g/mol. The van der Waals surface area contributed by atoms with Crippen molar-refractivity contribution in [1.82, 2.24) is 9.97 Å². The molecule has 4 rings (SSSR count). The second kappa shape index (κ2) is 8.71. The van der Waals surface area contributed by atoms with Crippen LogP contribution in [0.2, 0.25) is 0 Å². The lowest BCUT2D eigenvalue weighted by molar-refractivity contribution is -0.116. The number of pyridine rings is 1. The second-order valence-electron chi connectivity index (χ2n) is 6.49. The molecule has 0 aliphatic heterocycles. The van der Waals surface area contributed by atoms with E-state index in [2.05, 4.69) is 9.97 Å². The standard InChI is InChI=1S/C22H18FN3OS2/c1-15-8-10-17(11-9-15)28-14-20(27)26(13-16-5-2-3-12-24-16)22-25-21-18(23)6-4-7-19(21)29-22/h2-12H,13-14H2,1H3. The number of aromatic nitrogens is 2. The quantitative estimate of drug-likeness (QED) is 0.386. The Balaban J connectivity index is 1.60. The van der Waals surface area contributed by atoms with Gasteiger partial charge in [-0.3, -0.25) is 14.7 Å². The van der Waals surface area contributed by atoms with Gasteiger partial charge in [0.15, 0.2) is 5.13 Å². The van der Waals surface area contributed by atoms with Gasteiger partial charge in [-0.05, 0) is 43.3 Å². The van der Waals surface area contributed by atoms with Gasteiger partial charge < -0.3 is 0 Å². The Bertz CT molecular complexity index is 1130. The number of benzene rings is 2. The highest BCUT2D eigenvalue weighted by Crippen LogP contribution is 2.32. The molecular formula is C22H18FN3OS2. The molecule has 0 fully saturated rings. The van der Waals surface area contributed by atoms with Crippen molar-refractivity contribution in [2.75, 3.05) is 10.7 Å². The molecule has 0 aliphatic carbocycles. The zero-order valence-corrected chi connectivity index (χ0v) is 17.3. The summed E-state index contributed by atoms with van der Waals surface area (Å²) in [4.78, 5) is 24.5. The van der Waals surface area contributed by atoms with Crippen molar-refractivity contribution in [3.05, 3.63) is 83.9 Å². The predicted octanol–water partition coefficient (Wildman–Crippen LogP) is 5.46. The zero-order valence-electron chi connectivity index (χ0n) is 15.7. The van der Waals surface area contributed by atoms with Gasteiger partial charge in [0.1, 0.15) is 11.3 Å². The predicted molar refractivity (Wildman–Crippen MR) is 117 cm³/mol. The van der Waals surface area contributed by atoms with Crippen LogP contribution in [0.5, 0.6) is 0 Å². The Morgan fingerprint density at radius 2 is 1.93 bits per heavy atom. The number of aryl methyl sites for hydroxylation is 1. The number of hydrogen-bond acceptors (Lipinski definition) is 5. The van der Waals surface area contributed by atoms with Crippen LogP contribution in [0.1, 0.15) is 11.3 Å². The van der Waals surface area contributed by atoms with Crippen molar-refractivity contribution >= 4 is 44.4 Å². The number of anilines is 1. The molecule has 2 heterocycles. The highest BCUT2D eigenvalue weighted by atomic mass is 32.2. The molecule has 0 saturated heterocycles. The van der Waals surface area contributed by atoms with E-state index in [4.69, 9.17) is 0 Å². The van der Waals surface area contributed by atoms with E-state index in [9.17, 15) is 9.18 Å². The smallest absolute Gasteiger partial charge is 0.239 e. The molecule has 1 amide bonds. The fourth-order valence-electron chi connectivity index (χ4n) is 2.79. The number of thiazole rings is 1. The van der Waals surface area contributed by atoms with Crippen molar-refractivity contribution in [3.8, 4) is 0 Å². The first-order valence-corrected chi connectivity index (χ1v) is 10.8. The van der Waals surface area contributed by atoms with Crippen molar-refractivity contribution in [2.45, 2.75) is 18.4 Å². The minimum Gasteiger partial charge on any atom is -0.281 e. The van der Waals surface area contributed by atoms with Crippen LogP contribution in [0.15, 0.2) is 71.8 Å². The minimum atomic E-state index is -0.385. The van der Waals surface area contributed by atoms with E-state index in [0.717, 1.165) is 10.6 Å². The minimum absolute atomic E-state index is 0.0966. The number of para-hydroxylation sites is 1. The normalized spacial score (nSPS) is 11.0.